The maximum atomic E-state index is 13.7. The van der Waals surface area contributed by atoms with Gasteiger partial charge in [0.15, 0.2) is 0 Å². The number of halogens is 3. The summed E-state index contributed by atoms with van der Waals surface area (Å²) >= 11 is 2.78. The fourth-order valence-electron chi connectivity index (χ4n) is 1.96. The second-order valence-electron chi connectivity index (χ2n) is 4.41. The molecule has 0 radical (unpaired) electrons. The normalized spacial score (nSPS) is 22.4. The molecular weight excluding hydrogens is 376 g/mol. The van der Waals surface area contributed by atoms with E-state index in [1.165, 1.54) is 0 Å². The van der Waals surface area contributed by atoms with Crippen molar-refractivity contribution < 1.29 is 31.8 Å². The van der Waals surface area contributed by atoms with Crippen LogP contribution in [0.25, 0.3) is 0 Å². The van der Waals surface area contributed by atoms with Crippen LogP contribution in [0, 0.1) is 17.6 Å². The lowest BCUT2D eigenvalue weighted by atomic mass is 10.1. The average Bonchev–Trinajstić information content (AvgIpc) is 2.73. The standard InChI is InChI=1S/C11H10BrF2NO5S/c12-7-1-5(13)2-8(14)10(7)21(18,19)15-9-4-20-3-6(9)11(16)17/h1-2,6,9,15H,3-4H2,(H,16,17). The molecule has 10 heteroatoms. The minimum atomic E-state index is -4.37. The van der Waals surface area contributed by atoms with Gasteiger partial charge in [0.05, 0.1) is 25.2 Å². The van der Waals surface area contributed by atoms with E-state index in [0.29, 0.717) is 6.07 Å². The third-order valence-corrected chi connectivity index (χ3v) is 5.39. The van der Waals surface area contributed by atoms with Crippen LogP contribution in [-0.4, -0.2) is 38.7 Å². The molecule has 1 fully saturated rings. The van der Waals surface area contributed by atoms with Crippen LogP contribution >= 0.6 is 15.9 Å². The van der Waals surface area contributed by atoms with Gasteiger partial charge in [-0.3, -0.25) is 4.79 Å². The molecule has 2 N–H and O–H groups in total. The summed E-state index contributed by atoms with van der Waals surface area (Å²) in [4.78, 5) is 10.2. The van der Waals surface area contributed by atoms with E-state index >= 15 is 0 Å². The van der Waals surface area contributed by atoms with Gasteiger partial charge in [-0.1, -0.05) is 0 Å². The van der Waals surface area contributed by atoms with Gasteiger partial charge in [0, 0.05) is 10.5 Å². The molecule has 2 unspecified atom stereocenters. The van der Waals surface area contributed by atoms with E-state index in [1.807, 2.05) is 0 Å². The quantitative estimate of drug-likeness (QED) is 0.809. The van der Waals surface area contributed by atoms with Crippen molar-refractivity contribution in [1.82, 2.24) is 4.72 Å². The number of carboxylic acid groups (broad SMARTS) is 1. The molecule has 1 aliphatic rings. The molecule has 1 saturated heterocycles. The minimum Gasteiger partial charge on any atom is -0.481 e. The van der Waals surface area contributed by atoms with Crippen molar-refractivity contribution >= 4 is 31.9 Å². The molecule has 0 aliphatic carbocycles. The van der Waals surface area contributed by atoms with Crippen LogP contribution in [0.5, 0.6) is 0 Å². The van der Waals surface area contributed by atoms with Gasteiger partial charge in [-0.25, -0.2) is 21.9 Å². The summed E-state index contributed by atoms with van der Waals surface area (Å²) in [6, 6.07) is 0.209. The number of hydrogen-bond acceptors (Lipinski definition) is 4. The van der Waals surface area contributed by atoms with E-state index < -0.39 is 44.5 Å². The predicted octanol–water partition coefficient (Wildman–Crippen LogP) is 1.11. The molecule has 21 heavy (non-hydrogen) atoms. The Kier molecular flexibility index (Phi) is 4.61. The zero-order valence-electron chi connectivity index (χ0n) is 10.3. The topological polar surface area (TPSA) is 92.7 Å². The van der Waals surface area contributed by atoms with Crippen LogP contribution in [-0.2, 0) is 19.6 Å². The van der Waals surface area contributed by atoms with Crippen molar-refractivity contribution in [2.45, 2.75) is 10.9 Å². The van der Waals surface area contributed by atoms with E-state index in [0.717, 1.165) is 6.07 Å². The fourth-order valence-corrected chi connectivity index (χ4v) is 4.39. The van der Waals surface area contributed by atoms with E-state index in [1.54, 1.807) is 0 Å². The average molecular weight is 386 g/mol. The number of nitrogens with one attached hydrogen (secondary N) is 1. The first-order chi connectivity index (χ1) is 9.72. The number of rotatable bonds is 4. The van der Waals surface area contributed by atoms with Crippen molar-refractivity contribution in [1.29, 1.82) is 0 Å². The highest BCUT2D eigenvalue weighted by Gasteiger charge is 2.38. The van der Waals surface area contributed by atoms with Crippen LogP contribution in [0.15, 0.2) is 21.5 Å². The summed E-state index contributed by atoms with van der Waals surface area (Å²) in [5, 5.41) is 8.95. The first-order valence-electron chi connectivity index (χ1n) is 5.70. The van der Waals surface area contributed by atoms with Gasteiger partial charge in [-0.2, -0.15) is 0 Å². The van der Waals surface area contributed by atoms with Crippen molar-refractivity contribution in [3.63, 3.8) is 0 Å². The smallest absolute Gasteiger partial charge is 0.310 e. The minimum absolute atomic E-state index is 0.142. The molecule has 0 saturated carbocycles. The van der Waals surface area contributed by atoms with Gasteiger partial charge >= 0.3 is 5.97 Å². The highest BCUT2D eigenvalue weighted by Crippen LogP contribution is 2.27. The van der Waals surface area contributed by atoms with Crippen LogP contribution in [0.1, 0.15) is 0 Å². The highest BCUT2D eigenvalue weighted by atomic mass is 79.9. The lowest BCUT2D eigenvalue weighted by Crippen LogP contribution is -2.42. The Morgan fingerprint density at radius 3 is 2.62 bits per heavy atom. The van der Waals surface area contributed by atoms with E-state index in [4.69, 9.17) is 9.84 Å². The number of carbonyl (C=O) groups is 1. The molecular formula is C11H10BrF2NO5S. The Morgan fingerprint density at radius 2 is 2.05 bits per heavy atom. The van der Waals surface area contributed by atoms with Gasteiger partial charge in [0.2, 0.25) is 10.0 Å². The summed E-state index contributed by atoms with van der Waals surface area (Å²) in [6.45, 7) is -0.285. The second-order valence-corrected chi connectivity index (χ2v) is 6.91. The Balaban J connectivity index is 2.33. The maximum Gasteiger partial charge on any atom is 0.310 e. The second kappa shape index (κ2) is 5.95. The molecule has 1 heterocycles. The summed E-state index contributed by atoms with van der Waals surface area (Å²) in [5.74, 6) is -4.51. The van der Waals surface area contributed by atoms with Crippen molar-refractivity contribution in [3.05, 3.63) is 28.2 Å². The lowest BCUT2D eigenvalue weighted by Gasteiger charge is -2.17. The monoisotopic (exact) mass is 385 g/mol. The van der Waals surface area contributed by atoms with Crippen LogP contribution in [0.4, 0.5) is 8.78 Å². The van der Waals surface area contributed by atoms with E-state index in [9.17, 15) is 22.0 Å². The molecule has 1 aromatic carbocycles. The number of hydrogen-bond donors (Lipinski definition) is 2. The number of aliphatic carboxylic acids is 1. The zero-order chi connectivity index (χ0) is 15.8. The number of ether oxygens (including phenoxy) is 1. The summed E-state index contributed by atoms with van der Waals surface area (Å²) in [7, 11) is -4.37. The van der Waals surface area contributed by atoms with Crippen LogP contribution in [0.2, 0.25) is 0 Å². The molecule has 0 aromatic heterocycles. The number of carboxylic acids is 1. The van der Waals surface area contributed by atoms with E-state index in [-0.39, 0.29) is 17.7 Å². The van der Waals surface area contributed by atoms with Crippen LogP contribution in [0.3, 0.4) is 0 Å². The Bertz CT molecular complexity index is 658. The predicted molar refractivity (Wildman–Crippen MR) is 70.1 cm³/mol. The molecule has 2 atom stereocenters. The van der Waals surface area contributed by atoms with Gasteiger partial charge in [0.1, 0.15) is 16.5 Å². The Morgan fingerprint density at radius 1 is 1.38 bits per heavy atom. The van der Waals surface area contributed by atoms with E-state index in [2.05, 4.69) is 20.7 Å². The third-order valence-electron chi connectivity index (χ3n) is 2.94. The molecule has 2 rings (SSSR count). The molecule has 0 spiro atoms. The first-order valence-corrected chi connectivity index (χ1v) is 7.97. The summed E-state index contributed by atoms with van der Waals surface area (Å²) in [5.41, 5.74) is 0. The number of sulfonamides is 1. The number of benzene rings is 1. The molecule has 1 aliphatic heterocycles. The molecule has 6 nitrogen and oxygen atoms in total. The third kappa shape index (κ3) is 3.39. The Hall–Kier alpha value is -1.10. The van der Waals surface area contributed by atoms with Gasteiger partial charge in [-0.05, 0) is 22.0 Å². The Labute approximate surface area is 127 Å². The molecule has 0 amide bonds. The van der Waals surface area contributed by atoms with Crippen LogP contribution < -0.4 is 4.72 Å². The van der Waals surface area contributed by atoms with Crippen molar-refractivity contribution in [2.24, 2.45) is 5.92 Å². The van der Waals surface area contributed by atoms with Gasteiger partial charge in [-0.15, -0.1) is 0 Å². The molecule has 0 bridgehead atoms. The largest absolute Gasteiger partial charge is 0.481 e. The van der Waals surface area contributed by atoms with Gasteiger partial charge in [0.25, 0.3) is 0 Å². The zero-order valence-corrected chi connectivity index (χ0v) is 12.7. The van der Waals surface area contributed by atoms with Gasteiger partial charge < -0.3 is 9.84 Å². The van der Waals surface area contributed by atoms with Crippen molar-refractivity contribution in [3.8, 4) is 0 Å². The lowest BCUT2D eigenvalue weighted by molar-refractivity contribution is -0.142. The molecule has 116 valence electrons. The SMILES string of the molecule is O=C(O)C1COCC1NS(=O)(=O)c1c(F)cc(F)cc1Br. The summed E-state index contributed by atoms with van der Waals surface area (Å²) < 4.78 is 57.7. The fraction of sp³-hybridized carbons (Fsp3) is 0.364. The highest BCUT2D eigenvalue weighted by molar-refractivity contribution is 9.10. The molecule has 1 aromatic rings. The van der Waals surface area contributed by atoms with Crippen molar-refractivity contribution in [2.75, 3.05) is 13.2 Å². The first kappa shape index (κ1) is 16.3. The maximum absolute atomic E-state index is 13.7. The summed E-state index contributed by atoms with van der Waals surface area (Å²) in [6.07, 6.45) is 0.